The van der Waals surface area contributed by atoms with E-state index in [4.69, 9.17) is 32.7 Å². The molecule has 0 radical (unpaired) electrons. The van der Waals surface area contributed by atoms with Crippen LogP contribution in [-0.4, -0.2) is 20.3 Å². The Bertz CT molecular complexity index is 605. The molecule has 2 rings (SSSR count). The van der Waals surface area contributed by atoms with Crippen molar-refractivity contribution in [3.8, 4) is 5.75 Å². The quantitative estimate of drug-likeness (QED) is 0.727. The molecule has 22 heavy (non-hydrogen) atoms. The van der Waals surface area contributed by atoms with Crippen LogP contribution >= 0.6 is 23.2 Å². The molecule has 5 heteroatoms. The first-order chi connectivity index (χ1) is 10.7. The summed E-state index contributed by atoms with van der Waals surface area (Å²) < 4.78 is 10.8. The summed E-state index contributed by atoms with van der Waals surface area (Å²) in [6.07, 6.45) is 0. The molecular weight excluding hydrogens is 321 g/mol. The van der Waals surface area contributed by atoms with Crippen molar-refractivity contribution in [3.63, 3.8) is 0 Å². The van der Waals surface area contributed by atoms with Gasteiger partial charge in [0.25, 0.3) is 0 Å². The molecule has 0 atom stereocenters. The Kier molecular flexibility index (Phi) is 7.00. The van der Waals surface area contributed by atoms with Gasteiger partial charge in [-0.15, -0.1) is 0 Å². The number of ether oxygens (including phenoxy) is 2. The fraction of sp³-hybridized carbons (Fsp3) is 0.294. The number of halogens is 2. The minimum atomic E-state index is 0.456. The Hall–Kier alpha value is -1.26. The maximum atomic E-state index is 6.00. The highest BCUT2D eigenvalue weighted by atomic mass is 35.5. The van der Waals surface area contributed by atoms with Gasteiger partial charge in [-0.1, -0.05) is 41.4 Å². The Labute approximate surface area is 141 Å². The van der Waals surface area contributed by atoms with Crippen LogP contribution in [0.15, 0.2) is 42.5 Å². The molecule has 0 spiro atoms. The maximum absolute atomic E-state index is 6.00. The smallest absolute Gasteiger partial charge is 0.120 e. The summed E-state index contributed by atoms with van der Waals surface area (Å²) in [6.45, 7) is 2.77. The van der Waals surface area contributed by atoms with Crippen molar-refractivity contribution in [1.29, 1.82) is 0 Å². The molecule has 0 saturated carbocycles. The summed E-state index contributed by atoms with van der Waals surface area (Å²) in [5, 5.41) is 4.40. The van der Waals surface area contributed by atoms with Crippen LogP contribution < -0.4 is 10.1 Å². The van der Waals surface area contributed by atoms with E-state index < -0.39 is 0 Å². The minimum Gasteiger partial charge on any atom is -0.489 e. The third-order valence-corrected chi connectivity index (χ3v) is 3.84. The molecule has 0 aliphatic heterocycles. The van der Waals surface area contributed by atoms with Crippen LogP contribution in [-0.2, 0) is 17.9 Å². The van der Waals surface area contributed by atoms with E-state index in [0.29, 0.717) is 23.3 Å². The molecule has 0 aliphatic carbocycles. The van der Waals surface area contributed by atoms with Crippen LogP contribution in [0, 0.1) is 0 Å². The van der Waals surface area contributed by atoms with Gasteiger partial charge >= 0.3 is 0 Å². The molecule has 0 aliphatic rings. The van der Waals surface area contributed by atoms with Crippen LogP contribution in [0.5, 0.6) is 5.75 Å². The minimum absolute atomic E-state index is 0.456. The van der Waals surface area contributed by atoms with E-state index >= 15 is 0 Å². The second kappa shape index (κ2) is 9.01. The summed E-state index contributed by atoms with van der Waals surface area (Å²) in [7, 11) is 1.69. The molecule has 0 amide bonds. The van der Waals surface area contributed by atoms with E-state index in [1.54, 1.807) is 13.2 Å². The van der Waals surface area contributed by atoms with Crippen molar-refractivity contribution in [2.75, 3.05) is 20.3 Å². The monoisotopic (exact) mass is 339 g/mol. The van der Waals surface area contributed by atoms with E-state index in [1.807, 2.05) is 30.3 Å². The normalized spacial score (nSPS) is 10.7. The van der Waals surface area contributed by atoms with E-state index in [0.717, 1.165) is 24.4 Å². The predicted octanol–water partition coefficient (Wildman–Crippen LogP) is 4.31. The second-order valence-electron chi connectivity index (χ2n) is 4.85. The van der Waals surface area contributed by atoms with Crippen molar-refractivity contribution in [1.82, 2.24) is 5.32 Å². The first kappa shape index (κ1) is 17.1. The van der Waals surface area contributed by atoms with Gasteiger partial charge in [-0.3, -0.25) is 0 Å². The number of benzene rings is 2. The Morgan fingerprint density at radius 3 is 2.64 bits per heavy atom. The zero-order chi connectivity index (χ0) is 15.8. The van der Waals surface area contributed by atoms with Crippen molar-refractivity contribution in [2.45, 2.75) is 13.2 Å². The first-order valence-corrected chi connectivity index (χ1v) is 7.80. The molecule has 118 valence electrons. The number of hydrogen-bond donors (Lipinski definition) is 1. The van der Waals surface area contributed by atoms with Gasteiger partial charge < -0.3 is 14.8 Å². The van der Waals surface area contributed by atoms with E-state index in [2.05, 4.69) is 11.4 Å². The van der Waals surface area contributed by atoms with Gasteiger partial charge in [0.2, 0.25) is 0 Å². The highest BCUT2D eigenvalue weighted by Gasteiger charge is 2.02. The summed E-state index contributed by atoms with van der Waals surface area (Å²) in [5.41, 5.74) is 2.15. The molecule has 0 aromatic heterocycles. The average Bonchev–Trinajstić information content (AvgIpc) is 2.53. The third kappa shape index (κ3) is 5.50. The van der Waals surface area contributed by atoms with Gasteiger partial charge in [0.05, 0.1) is 16.7 Å². The zero-order valence-electron chi connectivity index (χ0n) is 12.4. The lowest BCUT2D eigenvalue weighted by Crippen LogP contribution is -2.18. The predicted molar refractivity (Wildman–Crippen MR) is 90.8 cm³/mol. The fourth-order valence-corrected chi connectivity index (χ4v) is 2.27. The molecule has 0 unspecified atom stereocenters. The van der Waals surface area contributed by atoms with E-state index in [1.165, 1.54) is 5.56 Å². The van der Waals surface area contributed by atoms with Crippen LogP contribution in [0.3, 0.4) is 0 Å². The standard InChI is InChI=1S/C17H19Cl2NO2/c1-21-8-7-20-11-13-3-2-4-15(9-13)22-12-14-5-6-16(18)17(19)10-14/h2-6,9-10,20H,7-8,11-12H2,1H3. The van der Waals surface area contributed by atoms with Crippen LogP contribution in [0.25, 0.3) is 0 Å². The molecule has 0 saturated heterocycles. The molecule has 1 N–H and O–H groups in total. The maximum Gasteiger partial charge on any atom is 0.120 e. The zero-order valence-corrected chi connectivity index (χ0v) is 14.0. The number of nitrogens with one attached hydrogen (secondary N) is 1. The average molecular weight is 340 g/mol. The van der Waals surface area contributed by atoms with E-state index in [9.17, 15) is 0 Å². The first-order valence-electron chi connectivity index (χ1n) is 7.04. The van der Waals surface area contributed by atoms with Gasteiger partial charge in [0.1, 0.15) is 12.4 Å². The second-order valence-corrected chi connectivity index (χ2v) is 5.67. The van der Waals surface area contributed by atoms with Gasteiger partial charge in [-0.2, -0.15) is 0 Å². The molecular formula is C17H19Cl2NO2. The molecule has 0 heterocycles. The Balaban J connectivity index is 1.88. The van der Waals surface area contributed by atoms with Crippen molar-refractivity contribution < 1.29 is 9.47 Å². The molecule has 3 nitrogen and oxygen atoms in total. The highest BCUT2D eigenvalue weighted by molar-refractivity contribution is 6.42. The van der Waals surface area contributed by atoms with Crippen molar-refractivity contribution >= 4 is 23.2 Å². The largest absolute Gasteiger partial charge is 0.489 e. The SMILES string of the molecule is COCCNCc1cccc(OCc2ccc(Cl)c(Cl)c2)c1. The van der Waals surface area contributed by atoms with Gasteiger partial charge in [0.15, 0.2) is 0 Å². The lowest BCUT2D eigenvalue weighted by atomic mass is 10.2. The highest BCUT2D eigenvalue weighted by Crippen LogP contribution is 2.23. The molecule has 2 aromatic carbocycles. The Morgan fingerprint density at radius 2 is 1.86 bits per heavy atom. The fourth-order valence-electron chi connectivity index (χ4n) is 1.95. The summed E-state index contributed by atoms with van der Waals surface area (Å²) in [5.74, 6) is 0.831. The van der Waals surface area contributed by atoms with Crippen LogP contribution in [0.1, 0.15) is 11.1 Å². The lowest BCUT2D eigenvalue weighted by Gasteiger charge is -2.09. The number of rotatable bonds is 8. The molecule has 2 aromatic rings. The molecule has 0 fully saturated rings. The summed E-state index contributed by atoms with van der Waals surface area (Å²) >= 11 is 11.9. The summed E-state index contributed by atoms with van der Waals surface area (Å²) in [6, 6.07) is 13.5. The summed E-state index contributed by atoms with van der Waals surface area (Å²) in [4.78, 5) is 0. The topological polar surface area (TPSA) is 30.5 Å². The van der Waals surface area contributed by atoms with Crippen LogP contribution in [0.2, 0.25) is 10.0 Å². The van der Waals surface area contributed by atoms with Crippen LogP contribution in [0.4, 0.5) is 0 Å². The van der Waals surface area contributed by atoms with Gasteiger partial charge in [-0.05, 0) is 35.4 Å². The van der Waals surface area contributed by atoms with E-state index in [-0.39, 0.29) is 0 Å². The van der Waals surface area contributed by atoms with Crippen molar-refractivity contribution in [2.24, 2.45) is 0 Å². The van der Waals surface area contributed by atoms with Gasteiger partial charge in [-0.25, -0.2) is 0 Å². The van der Waals surface area contributed by atoms with Gasteiger partial charge in [0, 0.05) is 20.2 Å². The third-order valence-electron chi connectivity index (χ3n) is 3.10. The number of hydrogen-bond acceptors (Lipinski definition) is 3. The van der Waals surface area contributed by atoms with Crippen molar-refractivity contribution in [3.05, 3.63) is 63.6 Å². The lowest BCUT2D eigenvalue weighted by molar-refractivity contribution is 0.199. The Morgan fingerprint density at radius 1 is 1.00 bits per heavy atom. The number of methoxy groups -OCH3 is 1. The molecule has 0 bridgehead atoms.